The average Bonchev–Trinajstić information content (AvgIpc) is 2.97. The lowest BCUT2D eigenvalue weighted by atomic mass is 9.80. The van der Waals surface area contributed by atoms with Gasteiger partial charge in [0.25, 0.3) is 0 Å². The second kappa shape index (κ2) is 8.35. The Morgan fingerprint density at radius 2 is 2.05 bits per heavy atom. The van der Waals surface area contributed by atoms with E-state index in [-0.39, 0.29) is 0 Å². The second-order valence-corrected chi connectivity index (χ2v) is 6.79. The molecule has 0 spiro atoms. The highest BCUT2D eigenvalue weighted by atomic mass is 16.5. The molecular weight excluding hydrogens is 248 g/mol. The topological polar surface area (TPSA) is 24.5 Å². The molecule has 0 amide bonds. The Hall–Kier alpha value is -0.120. The van der Waals surface area contributed by atoms with Gasteiger partial charge in [0.1, 0.15) is 0 Å². The number of nitrogens with one attached hydrogen (secondary N) is 1. The number of ether oxygens (including phenoxy) is 1. The molecule has 2 rings (SSSR count). The Morgan fingerprint density at radius 1 is 1.20 bits per heavy atom. The molecular formula is C17H34N2O. The molecule has 0 aromatic carbocycles. The lowest BCUT2D eigenvalue weighted by Gasteiger charge is -2.42. The zero-order valence-electron chi connectivity index (χ0n) is 13.7. The molecule has 3 heteroatoms. The van der Waals surface area contributed by atoms with Gasteiger partial charge >= 0.3 is 0 Å². The molecule has 0 radical (unpaired) electrons. The van der Waals surface area contributed by atoms with Gasteiger partial charge in [0.2, 0.25) is 0 Å². The average molecular weight is 282 g/mol. The molecule has 4 atom stereocenters. The first-order chi connectivity index (χ1) is 9.74. The largest absolute Gasteiger partial charge is 0.377 e. The monoisotopic (exact) mass is 282 g/mol. The fourth-order valence-corrected chi connectivity index (χ4v) is 3.90. The SMILES string of the molecule is CCCNC1CCC(CC)CC1N(C)CC1CCCO1. The van der Waals surface area contributed by atoms with Crippen LogP contribution in [0.15, 0.2) is 0 Å². The number of nitrogens with zero attached hydrogens (tertiary/aromatic N) is 1. The molecule has 1 heterocycles. The molecule has 20 heavy (non-hydrogen) atoms. The van der Waals surface area contributed by atoms with E-state index in [0.29, 0.717) is 18.2 Å². The van der Waals surface area contributed by atoms with Crippen molar-refractivity contribution in [1.82, 2.24) is 10.2 Å². The van der Waals surface area contributed by atoms with E-state index >= 15 is 0 Å². The molecule has 3 nitrogen and oxygen atoms in total. The van der Waals surface area contributed by atoms with E-state index in [2.05, 4.69) is 31.1 Å². The zero-order valence-corrected chi connectivity index (χ0v) is 13.7. The minimum absolute atomic E-state index is 0.480. The molecule has 0 aromatic rings. The van der Waals surface area contributed by atoms with Gasteiger partial charge in [-0.2, -0.15) is 0 Å². The highest BCUT2D eigenvalue weighted by Gasteiger charge is 2.33. The predicted molar refractivity (Wildman–Crippen MR) is 85.1 cm³/mol. The van der Waals surface area contributed by atoms with Crippen molar-refractivity contribution in [3.05, 3.63) is 0 Å². The minimum atomic E-state index is 0.480. The lowest BCUT2D eigenvalue weighted by Crippen LogP contribution is -2.53. The standard InChI is InChI=1S/C17H34N2O/c1-4-10-18-16-9-8-14(5-2)12-17(16)19(3)13-15-7-6-11-20-15/h14-18H,4-13H2,1-3H3. The summed E-state index contributed by atoms with van der Waals surface area (Å²) in [7, 11) is 2.31. The van der Waals surface area contributed by atoms with Gasteiger partial charge in [0.15, 0.2) is 0 Å². The van der Waals surface area contributed by atoms with Gasteiger partial charge in [-0.1, -0.05) is 20.3 Å². The molecule has 1 aliphatic carbocycles. The Morgan fingerprint density at radius 3 is 2.70 bits per heavy atom. The van der Waals surface area contributed by atoms with Crippen molar-refractivity contribution in [3.8, 4) is 0 Å². The van der Waals surface area contributed by atoms with Crippen molar-refractivity contribution in [3.63, 3.8) is 0 Å². The van der Waals surface area contributed by atoms with Gasteiger partial charge < -0.3 is 10.1 Å². The van der Waals surface area contributed by atoms with Crippen molar-refractivity contribution in [2.75, 3.05) is 26.7 Å². The van der Waals surface area contributed by atoms with Crippen LogP contribution in [-0.4, -0.2) is 49.8 Å². The maximum Gasteiger partial charge on any atom is 0.0702 e. The number of rotatable bonds is 7. The van der Waals surface area contributed by atoms with E-state index in [1.165, 1.54) is 44.9 Å². The highest BCUT2D eigenvalue weighted by molar-refractivity contribution is 4.91. The fourth-order valence-electron chi connectivity index (χ4n) is 3.90. The Balaban J connectivity index is 1.89. The fraction of sp³-hybridized carbons (Fsp3) is 1.00. The summed E-state index contributed by atoms with van der Waals surface area (Å²) in [5.74, 6) is 0.923. The van der Waals surface area contributed by atoms with Gasteiger partial charge in [-0.3, -0.25) is 4.90 Å². The van der Waals surface area contributed by atoms with Crippen molar-refractivity contribution in [2.45, 2.75) is 77.0 Å². The molecule has 1 N–H and O–H groups in total. The first kappa shape index (κ1) is 16.3. The van der Waals surface area contributed by atoms with Gasteiger partial charge in [-0.05, 0) is 58.0 Å². The zero-order chi connectivity index (χ0) is 14.4. The van der Waals surface area contributed by atoms with Gasteiger partial charge in [-0.25, -0.2) is 0 Å². The molecule has 2 fully saturated rings. The quantitative estimate of drug-likeness (QED) is 0.777. The Kier molecular flexibility index (Phi) is 6.79. The van der Waals surface area contributed by atoms with E-state index in [4.69, 9.17) is 4.74 Å². The lowest BCUT2D eigenvalue weighted by molar-refractivity contribution is 0.0442. The maximum absolute atomic E-state index is 5.82. The Labute approximate surface area is 125 Å². The first-order valence-corrected chi connectivity index (χ1v) is 8.79. The van der Waals surface area contributed by atoms with Crippen LogP contribution in [0, 0.1) is 5.92 Å². The number of hydrogen-bond donors (Lipinski definition) is 1. The molecule has 1 aliphatic heterocycles. The summed E-state index contributed by atoms with van der Waals surface area (Å²) in [6.07, 6.45) is 9.66. The normalized spacial score (nSPS) is 34.8. The van der Waals surface area contributed by atoms with Crippen LogP contribution in [0.5, 0.6) is 0 Å². The summed E-state index contributed by atoms with van der Waals surface area (Å²) in [6, 6.07) is 1.38. The van der Waals surface area contributed by atoms with Crippen LogP contribution in [0.4, 0.5) is 0 Å². The summed E-state index contributed by atoms with van der Waals surface area (Å²) in [5.41, 5.74) is 0. The van der Waals surface area contributed by atoms with Crippen LogP contribution in [-0.2, 0) is 4.74 Å². The van der Waals surface area contributed by atoms with Gasteiger partial charge in [0.05, 0.1) is 6.10 Å². The third-order valence-electron chi connectivity index (χ3n) is 5.24. The van der Waals surface area contributed by atoms with Crippen LogP contribution in [0.3, 0.4) is 0 Å². The predicted octanol–water partition coefficient (Wildman–Crippen LogP) is 3.04. The summed E-state index contributed by atoms with van der Waals surface area (Å²) < 4.78 is 5.82. The molecule has 0 aromatic heterocycles. The summed E-state index contributed by atoms with van der Waals surface area (Å²) in [6.45, 7) is 7.85. The van der Waals surface area contributed by atoms with Crippen molar-refractivity contribution in [2.24, 2.45) is 5.92 Å². The summed E-state index contributed by atoms with van der Waals surface area (Å²) in [4.78, 5) is 2.59. The molecule has 0 bridgehead atoms. The second-order valence-electron chi connectivity index (χ2n) is 6.79. The van der Waals surface area contributed by atoms with Crippen LogP contribution in [0.1, 0.15) is 58.8 Å². The van der Waals surface area contributed by atoms with Gasteiger partial charge in [0, 0.05) is 25.2 Å². The van der Waals surface area contributed by atoms with Crippen LogP contribution < -0.4 is 5.32 Å². The van der Waals surface area contributed by atoms with E-state index in [1.807, 2.05) is 0 Å². The molecule has 118 valence electrons. The van der Waals surface area contributed by atoms with Crippen molar-refractivity contribution < 1.29 is 4.74 Å². The van der Waals surface area contributed by atoms with Gasteiger partial charge in [-0.15, -0.1) is 0 Å². The van der Waals surface area contributed by atoms with Crippen molar-refractivity contribution >= 4 is 0 Å². The Bertz CT molecular complexity index is 266. The highest BCUT2D eigenvalue weighted by Crippen LogP contribution is 2.30. The third kappa shape index (κ3) is 4.44. The van der Waals surface area contributed by atoms with E-state index in [0.717, 1.165) is 25.6 Å². The van der Waals surface area contributed by atoms with Crippen LogP contribution in [0.25, 0.3) is 0 Å². The van der Waals surface area contributed by atoms with E-state index in [1.54, 1.807) is 0 Å². The number of hydrogen-bond acceptors (Lipinski definition) is 3. The third-order valence-corrected chi connectivity index (χ3v) is 5.24. The minimum Gasteiger partial charge on any atom is -0.377 e. The van der Waals surface area contributed by atoms with Crippen LogP contribution >= 0.6 is 0 Å². The maximum atomic E-state index is 5.82. The molecule has 4 unspecified atom stereocenters. The smallest absolute Gasteiger partial charge is 0.0702 e. The van der Waals surface area contributed by atoms with E-state index in [9.17, 15) is 0 Å². The van der Waals surface area contributed by atoms with Crippen LogP contribution in [0.2, 0.25) is 0 Å². The molecule has 1 saturated heterocycles. The number of likely N-dealkylation sites (N-methyl/N-ethyl adjacent to an activating group) is 1. The van der Waals surface area contributed by atoms with Crippen molar-refractivity contribution in [1.29, 1.82) is 0 Å². The van der Waals surface area contributed by atoms with E-state index < -0.39 is 0 Å². The summed E-state index contributed by atoms with van der Waals surface area (Å²) in [5, 5.41) is 3.79. The summed E-state index contributed by atoms with van der Waals surface area (Å²) >= 11 is 0. The molecule has 2 aliphatic rings. The first-order valence-electron chi connectivity index (χ1n) is 8.79. The molecule has 1 saturated carbocycles.